The number of fused-ring (bicyclic) bond motifs is 1. The van der Waals surface area contributed by atoms with Crippen molar-refractivity contribution in [3.8, 4) is 0 Å². The number of hydrogen-bond acceptors (Lipinski definition) is 5. The zero-order valence-corrected chi connectivity index (χ0v) is 17.7. The van der Waals surface area contributed by atoms with E-state index in [1.165, 1.54) is 11.8 Å². The molecule has 1 aliphatic heterocycles. The Morgan fingerprint density at radius 3 is 2.63 bits per heavy atom. The maximum atomic E-state index is 13.2. The van der Waals surface area contributed by atoms with E-state index in [-0.39, 0.29) is 18.4 Å². The topological polar surface area (TPSA) is 80.1 Å². The minimum absolute atomic E-state index is 0.0144. The minimum Gasteiger partial charge on any atom is -0.323 e. The average Bonchev–Trinajstić information content (AvgIpc) is 3.14. The van der Waals surface area contributed by atoms with Crippen LogP contribution in [0.5, 0.6) is 0 Å². The van der Waals surface area contributed by atoms with Crippen molar-refractivity contribution in [1.82, 2.24) is 14.8 Å². The van der Waals surface area contributed by atoms with Crippen LogP contribution >= 0.6 is 11.8 Å². The van der Waals surface area contributed by atoms with Crippen LogP contribution in [-0.2, 0) is 22.6 Å². The molecule has 0 saturated carbocycles. The number of rotatable bonds is 6. The van der Waals surface area contributed by atoms with E-state index in [1.54, 1.807) is 11.0 Å². The molecule has 0 unspecified atom stereocenters. The molecule has 7 nitrogen and oxygen atoms in total. The highest BCUT2D eigenvalue weighted by Gasteiger charge is 2.31. The molecule has 2 amide bonds. The molecule has 0 fully saturated rings. The molecule has 2 aromatic carbocycles. The van der Waals surface area contributed by atoms with Gasteiger partial charge < -0.3 is 9.88 Å². The smallest absolute Gasteiger partial charge is 0.244 e. The Balaban J connectivity index is 1.52. The van der Waals surface area contributed by atoms with Crippen LogP contribution < -0.4 is 10.2 Å². The molecule has 1 N–H and O–H groups in total. The van der Waals surface area contributed by atoms with Crippen molar-refractivity contribution in [1.29, 1.82) is 0 Å². The number of carbonyl (C=O) groups excluding carboxylic acids is 2. The molecule has 1 atom stereocenters. The van der Waals surface area contributed by atoms with Crippen molar-refractivity contribution < 1.29 is 9.59 Å². The summed E-state index contributed by atoms with van der Waals surface area (Å²) in [5.74, 6) is 0.548. The van der Waals surface area contributed by atoms with Gasteiger partial charge in [0.05, 0.1) is 16.6 Å². The molecule has 0 aliphatic carbocycles. The van der Waals surface area contributed by atoms with Gasteiger partial charge in [0.2, 0.25) is 11.8 Å². The number of amides is 2. The maximum Gasteiger partial charge on any atom is 0.244 e. The summed E-state index contributed by atoms with van der Waals surface area (Å²) in [6, 6.07) is 17.5. The van der Waals surface area contributed by atoms with Crippen molar-refractivity contribution in [2.24, 2.45) is 0 Å². The first-order valence-corrected chi connectivity index (χ1v) is 10.8. The zero-order valence-electron chi connectivity index (χ0n) is 16.9. The largest absolute Gasteiger partial charge is 0.323 e. The molecule has 2 heterocycles. The average molecular weight is 422 g/mol. The van der Waals surface area contributed by atoms with E-state index in [1.807, 2.05) is 54.8 Å². The lowest BCUT2D eigenvalue weighted by Gasteiger charge is -2.30. The quantitative estimate of drug-likeness (QED) is 0.618. The molecular formula is C22H23N5O2S. The van der Waals surface area contributed by atoms with Gasteiger partial charge in [0.25, 0.3) is 0 Å². The van der Waals surface area contributed by atoms with Crippen molar-refractivity contribution in [2.75, 3.05) is 16.8 Å². The predicted molar refractivity (Wildman–Crippen MR) is 118 cm³/mol. The molecular weight excluding hydrogens is 398 g/mol. The van der Waals surface area contributed by atoms with Crippen LogP contribution in [0.2, 0.25) is 0 Å². The van der Waals surface area contributed by atoms with Crippen LogP contribution in [0.25, 0.3) is 0 Å². The third kappa shape index (κ3) is 4.09. The van der Waals surface area contributed by atoms with Gasteiger partial charge in [0.1, 0.15) is 12.4 Å². The van der Waals surface area contributed by atoms with E-state index in [4.69, 9.17) is 0 Å². The number of carbonyl (C=O) groups is 2. The first kappa shape index (κ1) is 20.2. The molecule has 1 aliphatic rings. The highest BCUT2D eigenvalue weighted by molar-refractivity contribution is 8.00. The number of benzene rings is 2. The van der Waals surface area contributed by atoms with Crippen LogP contribution in [0.3, 0.4) is 0 Å². The van der Waals surface area contributed by atoms with Gasteiger partial charge in [-0.1, -0.05) is 54.2 Å². The summed E-state index contributed by atoms with van der Waals surface area (Å²) >= 11 is 1.37. The fraction of sp³-hybridized carbons (Fsp3) is 0.273. The van der Waals surface area contributed by atoms with Gasteiger partial charge in [0, 0.05) is 13.0 Å². The highest BCUT2D eigenvalue weighted by atomic mass is 32.2. The number of thioether (sulfide) groups is 1. The lowest BCUT2D eigenvalue weighted by Crippen LogP contribution is -2.45. The normalized spacial score (nSPS) is 14.2. The second-order valence-corrected chi connectivity index (χ2v) is 8.36. The van der Waals surface area contributed by atoms with Crippen molar-refractivity contribution in [3.05, 3.63) is 66.0 Å². The van der Waals surface area contributed by atoms with Crippen LogP contribution in [0.1, 0.15) is 25.2 Å². The molecule has 0 spiro atoms. The summed E-state index contributed by atoms with van der Waals surface area (Å²) in [4.78, 5) is 26.8. The van der Waals surface area contributed by atoms with E-state index in [2.05, 4.69) is 27.6 Å². The SMILES string of the molecule is CCn1c(Cc2ccccc2)nnc1S[C@H](C)C(=O)N1CC(=O)Nc2ccccc21. The molecule has 0 bridgehead atoms. The van der Waals surface area contributed by atoms with E-state index >= 15 is 0 Å². The highest BCUT2D eigenvalue weighted by Crippen LogP contribution is 2.32. The van der Waals surface area contributed by atoms with Gasteiger partial charge in [-0.05, 0) is 31.5 Å². The fourth-order valence-electron chi connectivity index (χ4n) is 3.49. The summed E-state index contributed by atoms with van der Waals surface area (Å²) in [5, 5.41) is 11.8. The Morgan fingerprint density at radius 2 is 1.87 bits per heavy atom. The summed E-state index contributed by atoms with van der Waals surface area (Å²) < 4.78 is 2.04. The molecule has 3 aromatic rings. The number of anilines is 2. The molecule has 0 saturated heterocycles. The maximum absolute atomic E-state index is 13.2. The van der Waals surface area contributed by atoms with E-state index in [9.17, 15) is 9.59 Å². The van der Waals surface area contributed by atoms with Gasteiger partial charge in [-0.15, -0.1) is 10.2 Å². The molecule has 154 valence electrons. The van der Waals surface area contributed by atoms with Crippen LogP contribution in [-0.4, -0.2) is 38.4 Å². The van der Waals surface area contributed by atoms with Crippen molar-refractivity contribution in [3.63, 3.8) is 0 Å². The second-order valence-electron chi connectivity index (χ2n) is 7.06. The summed E-state index contributed by atoms with van der Waals surface area (Å²) in [6.45, 7) is 4.61. The first-order chi connectivity index (χ1) is 14.6. The van der Waals surface area contributed by atoms with Crippen LogP contribution in [0, 0.1) is 0 Å². The molecule has 8 heteroatoms. The van der Waals surface area contributed by atoms with E-state index in [0.29, 0.717) is 23.8 Å². The number of aromatic nitrogens is 3. The van der Waals surface area contributed by atoms with Gasteiger partial charge in [-0.3, -0.25) is 14.5 Å². The zero-order chi connectivity index (χ0) is 21.1. The lowest BCUT2D eigenvalue weighted by atomic mass is 10.1. The van der Waals surface area contributed by atoms with Crippen LogP contribution in [0.4, 0.5) is 11.4 Å². The Labute approximate surface area is 179 Å². The predicted octanol–water partition coefficient (Wildman–Crippen LogP) is 3.35. The molecule has 0 radical (unpaired) electrons. The third-order valence-corrected chi connectivity index (χ3v) is 6.05. The Morgan fingerprint density at radius 1 is 1.13 bits per heavy atom. The van der Waals surface area contributed by atoms with Gasteiger partial charge in [0.15, 0.2) is 5.16 Å². The molecule has 4 rings (SSSR count). The monoisotopic (exact) mass is 421 g/mol. The van der Waals surface area contributed by atoms with E-state index in [0.717, 1.165) is 17.1 Å². The van der Waals surface area contributed by atoms with E-state index < -0.39 is 5.25 Å². The summed E-state index contributed by atoms with van der Waals surface area (Å²) in [7, 11) is 0. The Bertz CT molecular complexity index is 1070. The summed E-state index contributed by atoms with van der Waals surface area (Å²) in [5.41, 5.74) is 2.54. The number of nitrogens with zero attached hydrogens (tertiary/aromatic N) is 4. The fourth-order valence-corrected chi connectivity index (χ4v) is 4.48. The molecule has 30 heavy (non-hydrogen) atoms. The minimum atomic E-state index is -0.414. The van der Waals surface area contributed by atoms with Crippen LogP contribution in [0.15, 0.2) is 59.8 Å². The standard InChI is InChI=1S/C22H23N5O2S/c1-3-26-19(13-16-9-5-4-6-10-16)24-25-22(26)30-15(2)21(29)27-14-20(28)23-17-11-7-8-12-18(17)27/h4-12,15H,3,13-14H2,1-2H3,(H,23,28)/t15-/m1/s1. The van der Waals surface area contributed by atoms with Crippen molar-refractivity contribution >= 4 is 35.0 Å². The lowest BCUT2D eigenvalue weighted by molar-refractivity contribution is -0.121. The second kappa shape index (κ2) is 8.71. The Hall–Kier alpha value is -3.13. The number of hydrogen-bond donors (Lipinski definition) is 1. The van der Waals surface area contributed by atoms with Gasteiger partial charge >= 0.3 is 0 Å². The first-order valence-electron chi connectivity index (χ1n) is 9.89. The van der Waals surface area contributed by atoms with Gasteiger partial charge in [-0.2, -0.15) is 0 Å². The summed E-state index contributed by atoms with van der Waals surface area (Å²) in [6.07, 6.45) is 0.685. The van der Waals surface area contributed by atoms with Crippen molar-refractivity contribution in [2.45, 2.75) is 37.2 Å². The van der Waals surface area contributed by atoms with Gasteiger partial charge in [-0.25, -0.2) is 0 Å². The third-order valence-electron chi connectivity index (χ3n) is 4.98. The molecule has 1 aromatic heterocycles. The number of nitrogens with one attached hydrogen (secondary N) is 1. The number of para-hydroxylation sites is 2. The Kier molecular flexibility index (Phi) is 5.85.